The van der Waals surface area contributed by atoms with Gasteiger partial charge in [0.25, 0.3) is 0 Å². The molecule has 124 valence electrons. The second-order valence-corrected chi connectivity index (χ2v) is 5.49. The number of benzene rings is 1. The molecule has 2 rings (SSSR count). The van der Waals surface area contributed by atoms with Gasteiger partial charge in [-0.1, -0.05) is 19.1 Å². The lowest BCUT2D eigenvalue weighted by Crippen LogP contribution is -2.56. The maximum Gasteiger partial charge on any atom is 0.336 e. The summed E-state index contributed by atoms with van der Waals surface area (Å²) in [5.41, 5.74) is 0.0150. The number of hydrogen-bond donors (Lipinski definition) is 2. The van der Waals surface area contributed by atoms with Gasteiger partial charge in [-0.15, -0.1) is 0 Å². The van der Waals surface area contributed by atoms with Crippen LogP contribution in [0.2, 0.25) is 0 Å². The molecule has 2 N–H and O–H groups in total. The van der Waals surface area contributed by atoms with Gasteiger partial charge in [-0.2, -0.15) is 0 Å². The minimum atomic E-state index is -1.43. The zero-order chi connectivity index (χ0) is 17.4. The average Bonchev–Trinajstić information content (AvgIpc) is 2.52. The Labute approximate surface area is 135 Å². The van der Waals surface area contributed by atoms with Crippen LogP contribution in [0.5, 0.6) is 5.75 Å². The maximum absolute atomic E-state index is 12.1. The number of hydrogen-bond acceptors (Lipinski definition) is 4. The topological polar surface area (TPSA) is 87.1 Å². The van der Waals surface area contributed by atoms with E-state index >= 15 is 0 Å². The Morgan fingerprint density at radius 3 is 2.35 bits per heavy atom. The van der Waals surface area contributed by atoms with Crippen LogP contribution in [0.25, 0.3) is 5.57 Å². The van der Waals surface area contributed by atoms with E-state index in [0.717, 1.165) is 0 Å². The molecule has 0 saturated carbocycles. The first kappa shape index (κ1) is 16.9. The Balaban J connectivity index is 2.98. The van der Waals surface area contributed by atoms with Crippen molar-refractivity contribution in [2.24, 2.45) is 0 Å². The summed E-state index contributed by atoms with van der Waals surface area (Å²) in [5, 5.41) is 19.6. The Bertz CT molecular complexity index is 694. The van der Waals surface area contributed by atoms with E-state index in [4.69, 9.17) is 4.74 Å². The summed E-state index contributed by atoms with van der Waals surface area (Å²) in [5.74, 6) is -1.74. The highest BCUT2D eigenvalue weighted by Gasteiger charge is 2.49. The first-order valence-electron chi connectivity index (χ1n) is 7.49. The summed E-state index contributed by atoms with van der Waals surface area (Å²) in [6.45, 7) is 5.58. The normalized spacial score (nSPS) is 20.3. The molecule has 23 heavy (non-hydrogen) atoms. The van der Waals surface area contributed by atoms with Crippen LogP contribution in [-0.4, -0.2) is 41.3 Å². The summed E-state index contributed by atoms with van der Waals surface area (Å²) in [6, 6.07) is 5.12. The van der Waals surface area contributed by atoms with Crippen molar-refractivity contribution in [2.45, 2.75) is 32.7 Å². The molecule has 0 spiro atoms. The van der Waals surface area contributed by atoms with E-state index in [-0.39, 0.29) is 5.57 Å². The van der Waals surface area contributed by atoms with Crippen LogP contribution in [0.1, 0.15) is 32.8 Å². The predicted octanol–water partition coefficient (Wildman–Crippen LogP) is 2.63. The molecule has 1 aromatic rings. The number of methoxy groups -OCH3 is 1. The molecule has 0 aromatic heterocycles. The molecule has 0 saturated heterocycles. The molecule has 1 unspecified atom stereocenters. The van der Waals surface area contributed by atoms with Gasteiger partial charge in [0.05, 0.1) is 18.4 Å². The van der Waals surface area contributed by atoms with Crippen LogP contribution in [0, 0.1) is 0 Å². The molecule has 1 heterocycles. The summed E-state index contributed by atoms with van der Waals surface area (Å²) < 4.78 is 5.36. The second-order valence-electron chi connectivity index (χ2n) is 5.49. The van der Waals surface area contributed by atoms with Gasteiger partial charge in [0, 0.05) is 12.1 Å². The van der Waals surface area contributed by atoms with E-state index in [2.05, 4.69) is 0 Å². The average molecular weight is 319 g/mol. The fourth-order valence-corrected chi connectivity index (χ4v) is 3.44. The maximum atomic E-state index is 12.1. The van der Waals surface area contributed by atoms with Gasteiger partial charge in [-0.05, 0) is 31.9 Å². The molecular weight excluding hydrogens is 298 g/mol. The zero-order valence-corrected chi connectivity index (χ0v) is 13.7. The Morgan fingerprint density at radius 2 is 1.91 bits per heavy atom. The molecule has 0 radical (unpaired) electrons. The highest BCUT2D eigenvalue weighted by Crippen LogP contribution is 2.48. The molecule has 0 fully saturated rings. The molecule has 6 nitrogen and oxygen atoms in total. The van der Waals surface area contributed by atoms with Gasteiger partial charge in [-0.3, -0.25) is 0 Å². The number of rotatable bonds is 5. The van der Waals surface area contributed by atoms with Crippen molar-refractivity contribution in [3.63, 3.8) is 0 Å². The third-order valence-electron chi connectivity index (χ3n) is 4.49. The summed E-state index contributed by atoms with van der Waals surface area (Å²) >= 11 is 0. The van der Waals surface area contributed by atoms with Crippen LogP contribution < -0.4 is 9.64 Å². The molecule has 1 aliphatic rings. The lowest BCUT2D eigenvalue weighted by molar-refractivity contribution is -0.141. The lowest BCUT2D eigenvalue weighted by atomic mass is 9.77. The number of likely N-dealkylation sites (N-methyl/N-ethyl adjacent to an activating group) is 1. The van der Waals surface area contributed by atoms with Crippen LogP contribution >= 0.6 is 0 Å². The molecule has 1 aromatic carbocycles. The molecular formula is C17H21NO5. The first-order valence-corrected chi connectivity index (χ1v) is 7.49. The number of carboxylic acids is 2. The van der Waals surface area contributed by atoms with Crippen molar-refractivity contribution in [3.05, 3.63) is 29.3 Å². The molecule has 0 aliphatic carbocycles. The Hall–Kier alpha value is -2.50. The highest BCUT2D eigenvalue weighted by molar-refractivity contribution is 6.21. The van der Waals surface area contributed by atoms with Crippen LogP contribution in [0.3, 0.4) is 0 Å². The highest BCUT2D eigenvalue weighted by atomic mass is 16.5. The molecule has 0 amide bonds. The number of aliphatic carboxylic acids is 2. The third kappa shape index (κ3) is 2.25. The van der Waals surface area contributed by atoms with Gasteiger partial charge in [-0.25, -0.2) is 9.59 Å². The van der Waals surface area contributed by atoms with Crippen LogP contribution in [-0.2, 0) is 9.59 Å². The largest absolute Gasteiger partial charge is 0.495 e. The number of para-hydroxylation sites is 1. The molecule has 0 bridgehead atoms. The molecule has 6 heteroatoms. The van der Waals surface area contributed by atoms with E-state index in [1.807, 2.05) is 6.92 Å². The predicted molar refractivity (Wildman–Crippen MR) is 86.9 cm³/mol. The van der Waals surface area contributed by atoms with Gasteiger partial charge in [0.2, 0.25) is 0 Å². The summed E-state index contributed by atoms with van der Waals surface area (Å²) in [4.78, 5) is 25.7. The van der Waals surface area contributed by atoms with Crippen LogP contribution in [0.15, 0.2) is 23.8 Å². The summed E-state index contributed by atoms with van der Waals surface area (Å²) in [6.07, 6.45) is 0.331. The van der Waals surface area contributed by atoms with Crippen molar-refractivity contribution >= 4 is 23.2 Å². The minimum absolute atomic E-state index is 0.0519. The number of anilines is 1. The lowest BCUT2D eigenvalue weighted by Gasteiger charge is -2.45. The second kappa shape index (κ2) is 5.95. The van der Waals surface area contributed by atoms with Crippen molar-refractivity contribution < 1.29 is 24.5 Å². The van der Waals surface area contributed by atoms with Crippen molar-refractivity contribution in [1.82, 2.24) is 0 Å². The van der Waals surface area contributed by atoms with Crippen molar-refractivity contribution in [2.75, 3.05) is 18.6 Å². The third-order valence-corrected chi connectivity index (χ3v) is 4.49. The van der Waals surface area contributed by atoms with Gasteiger partial charge in [0.1, 0.15) is 5.75 Å². The van der Waals surface area contributed by atoms with E-state index < -0.39 is 17.5 Å². The fraction of sp³-hybridized carbons (Fsp3) is 0.412. The minimum Gasteiger partial charge on any atom is -0.495 e. The van der Waals surface area contributed by atoms with E-state index in [1.165, 1.54) is 7.11 Å². The number of nitrogens with zero attached hydrogens (tertiary/aromatic N) is 1. The van der Waals surface area contributed by atoms with Crippen LogP contribution in [0.4, 0.5) is 5.69 Å². The van der Waals surface area contributed by atoms with Gasteiger partial charge in [0.15, 0.2) is 5.54 Å². The molecule has 1 atom stereocenters. The number of fused-ring (bicyclic) bond motifs is 1. The fourth-order valence-electron chi connectivity index (χ4n) is 3.44. The Morgan fingerprint density at radius 1 is 1.26 bits per heavy atom. The van der Waals surface area contributed by atoms with Gasteiger partial charge < -0.3 is 19.8 Å². The van der Waals surface area contributed by atoms with E-state index in [0.29, 0.717) is 35.5 Å². The molecule has 1 aliphatic heterocycles. The number of ether oxygens (including phenoxy) is 1. The number of carbonyl (C=O) groups is 2. The van der Waals surface area contributed by atoms with E-state index in [9.17, 15) is 19.8 Å². The summed E-state index contributed by atoms with van der Waals surface area (Å²) in [7, 11) is 1.49. The van der Waals surface area contributed by atoms with Crippen molar-refractivity contribution in [1.29, 1.82) is 0 Å². The number of carboxylic acid groups (broad SMARTS) is 2. The quantitative estimate of drug-likeness (QED) is 0.867. The SMILES string of the molecule is CCC1=C(C(=O)O)c2cccc(OC)c2N(CC)C1(C)C(=O)O. The van der Waals surface area contributed by atoms with Crippen molar-refractivity contribution in [3.8, 4) is 5.75 Å². The zero-order valence-electron chi connectivity index (χ0n) is 13.7. The first-order chi connectivity index (χ1) is 10.8. The smallest absolute Gasteiger partial charge is 0.336 e. The van der Waals surface area contributed by atoms with E-state index in [1.54, 1.807) is 36.9 Å². The monoisotopic (exact) mass is 319 g/mol. The van der Waals surface area contributed by atoms with Gasteiger partial charge >= 0.3 is 11.9 Å². The standard InChI is InChI=1S/C17H21NO5/c1-5-11-13(15(19)20)10-8-7-9-12(23-4)14(10)18(6-2)17(11,3)16(21)22/h7-9H,5-6H2,1-4H3,(H,19,20)(H,21,22). The Kier molecular flexibility index (Phi) is 4.36.